The molecule has 0 bridgehead atoms. The number of hydrogen-bond donors (Lipinski definition) is 2. The van der Waals surface area contributed by atoms with Crippen molar-refractivity contribution < 1.29 is 14.7 Å². The van der Waals surface area contributed by atoms with Gasteiger partial charge in [-0.3, -0.25) is 4.79 Å². The minimum Gasteiger partial charge on any atom is -0.480 e. The molecule has 2 N–H and O–H groups in total. The van der Waals surface area contributed by atoms with Gasteiger partial charge in [0.05, 0.1) is 0 Å². The van der Waals surface area contributed by atoms with Gasteiger partial charge in [0.2, 0.25) is 0 Å². The van der Waals surface area contributed by atoms with E-state index >= 15 is 0 Å². The van der Waals surface area contributed by atoms with Crippen molar-refractivity contribution in [3.05, 3.63) is 0 Å². The third-order valence-corrected chi connectivity index (χ3v) is 3.21. The summed E-state index contributed by atoms with van der Waals surface area (Å²) in [5.41, 5.74) is -0.249. The Labute approximate surface area is 121 Å². The van der Waals surface area contributed by atoms with Gasteiger partial charge in [0.25, 0.3) is 0 Å². The highest BCUT2D eigenvalue weighted by Crippen LogP contribution is 2.30. The van der Waals surface area contributed by atoms with E-state index in [1.54, 1.807) is 0 Å². The molecule has 1 saturated carbocycles. The third-order valence-electron chi connectivity index (χ3n) is 3.21. The summed E-state index contributed by atoms with van der Waals surface area (Å²) >= 11 is 0. The Hall–Kier alpha value is -1.26. The Kier molecular flexibility index (Phi) is 5.05. The predicted molar refractivity (Wildman–Crippen MR) is 78.6 cm³/mol. The fourth-order valence-corrected chi connectivity index (χ4v) is 2.73. The van der Waals surface area contributed by atoms with Crippen LogP contribution in [-0.2, 0) is 4.79 Å². The number of carbonyl (C=O) groups is 2. The van der Waals surface area contributed by atoms with E-state index in [1.165, 1.54) is 4.90 Å². The Morgan fingerprint density at radius 3 is 2.15 bits per heavy atom. The third kappa shape index (κ3) is 6.78. The van der Waals surface area contributed by atoms with Crippen molar-refractivity contribution in [2.24, 2.45) is 11.3 Å². The maximum atomic E-state index is 12.3. The molecule has 116 valence electrons. The number of urea groups is 1. The molecule has 1 aliphatic carbocycles. The van der Waals surface area contributed by atoms with Crippen LogP contribution in [0.1, 0.15) is 53.9 Å². The van der Waals surface area contributed by atoms with E-state index in [0.29, 0.717) is 12.5 Å². The van der Waals surface area contributed by atoms with Crippen LogP contribution in [0.2, 0.25) is 0 Å². The summed E-state index contributed by atoms with van der Waals surface area (Å²) in [5, 5.41) is 11.9. The molecule has 1 aliphatic rings. The number of nitrogens with zero attached hydrogens (tertiary/aromatic N) is 1. The Bertz CT molecular complexity index is 368. The number of amides is 2. The Morgan fingerprint density at radius 1 is 1.20 bits per heavy atom. The van der Waals surface area contributed by atoms with E-state index in [-0.39, 0.29) is 23.5 Å². The van der Waals surface area contributed by atoms with Crippen LogP contribution in [0.15, 0.2) is 0 Å². The van der Waals surface area contributed by atoms with E-state index in [4.69, 9.17) is 5.11 Å². The maximum absolute atomic E-state index is 12.3. The minimum atomic E-state index is -0.963. The van der Waals surface area contributed by atoms with Crippen LogP contribution in [0.25, 0.3) is 0 Å². The van der Waals surface area contributed by atoms with Gasteiger partial charge in [-0.25, -0.2) is 4.79 Å². The molecule has 0 unspecified atom stereocenters. The summed E-state index contributed by atoms with van der Waals surface area (Å²) in [6.45, 7) is 10.6. The molecule has 0 saturated heterocycles. The lowest BCUT2D eigenvalue weighted by Crippen LogP contribution is -2.52. The van der Waals surface area contributed by atoms with Gasteiger partial charge in [0.1, 0.15) is 6.54 Å². The number of hydrogen-bond acceptors (Lipinski definition) is 2. The highest BCUT2D eigenvalue weighted by molar-refractivity contribution is 5.80. The number of carboxylic acids is 1. The normalized spacial score (nSPS) is 15.8. The van der Waals surface area contributed by atoms with Gasteiger partial charge in [-0.05, 0) is 44.4 Å². The van der Waals surface area contributed by atoms with Crippen molar-refractivity contribution in [3.8, 4) is 0 Å². The first-order chi connectivity index (χ1) is 8.98. The van der Waals surface area contributed by atoms with Gasteiger partial charge in [-0.15, -0.1) is 0 Å². The van der Waals surface area contributed by atoms with Crippen LogP contribution in [0.5, 0.6) is 0 Å². The lowest BCUT2D eigenvalue weighted by molar-refractivity contribution is -0.137. The van der Waals surface area contributed by atoms with Crippen LogP contribution >= 0.6 is 0 Å². The summed E-state index contributed by atoms with van der Waals surface area (Å²) in [7, 11) is 0. The molecule has 5 nitrogen and oxygen atoms in total. The molecule has 0 atom stereocenters. The standard InChI is InChI=1S/C15H28N2O3/c1-14(2,3)10-15(4,5)16-13(20)17(9-12(18)19)8-11-6-7-11/h11H,6-10H2,1-5H3,(H,16,20)(H,18,19). The fourth-order valence-electron chi connectivity index (χ4n) is 2.73. The molecule has 0 aliphatic heterocycles. The second-order valence-electron chi connectivity index (χ2n) is 7.77. The lowest BCUT2D eigenvalue weighted by atomic mass is 9.82. The van der Waals surface area contributed by atoms with Gasteiger partial charge < -0.3 is 15.3 Å². The maximum Gasteiger partial charge on any atom is 0.323 e. The zero-order valence-corrected chi connectivity index (χ0v) is 13.3. The molecule has 0 aromatic heterocycles. The number of aliphatic carboxylic acids is 1. The van der Waals surface area contributed by atoms with Crippen molar-refractivity contribution in [2.75, 3.05) is 13.1 Å². The second-order valence-corrected chi connectivity index (χ2v) is 7.77. The lowest BCUT2D eigenvalue weighted by Gasteiger charge is -2.35. The van der Waals surface area contributed by atoms with E-state index < -0.39 is 5.97 Å². The molecular weight excluding hydrogens is 256 g/mol. The van der Waals surface area contributed by atoms with Gasteiger partial charge in [-0.1, -0.05) is 20.8 Å². The van der Waals surface area contributed by atoms with Crippen molar-refractivity contribution in [1.29, 1.82) is 0 Å². The summed E-state index contributed by atoms with van der Waals surface area (Å²) in [6, 6.07) is -0.270. The molecule has 1 fully saturated rings. The summed E-state index contributed by atoms with van der Waals surface area (Å²) in [6.07, 6.45) is 3.01. The van der Waals surface area contributed by atoms with Crippen molar-refractivity contribution in [3.63, 3.8) is 0 Å². The van der Waals surface area contributed by atoms with Gasteiger partial charge in [0, 0.05) is 12.1 Å². The zero-order chi connectivity index (χ0) is 15.6. The molecule has 0 aromatic rings. The Balaban J connectivity index is 2.61. The molecule has 0 aromatic carbocycles. The SMILES string of the molecule is CC(C)(C)CC(C)(C)NC(=O)N(CC(=O)O)CC1CC1. The van der Waals surface area contributed by atoms with Crippen LogP contribution < -0.4 is 5.32 Å². The topological polar surface area (TPSA) is 69.6 Å². The first-order valence-electron chi connectivity index (χ1n) is 7.27. The highest BCUT2D eigenvalue weighted by Gasteiger charge is 2.32. The van der Waals surface area contributed by atoms with Crippen molar-refractivity contribution in [1.82, 2.24) is 10.2 Å². The van der Waals surface area contributed by atoms with Gasteiger partial charge in [-0.2, -0.15) is 0 Å². The average molecular weight is 284 g/mol. The number of rotatable bonds is 6. The number of carboxylic acid groups (broad SMARTS) is 1. The first-order valence-corrected chi connectivity index (χ1v) is 7.27. The Morgan fingerprint density at radius 2 is 1.75 bits per heavy atom. The second kappa shape index (κ2) is 6.02. The van der Waals surface area contributed by atoms with E-state index in [1.807, 2.05) is 13.8 Å². The van der Waals surface area contributed by atoms with E-state index in [2.05, 4.69) is 26.1 Å². The van der Waals surface area contributed by atoms with Crippen LogP contribution in [-0.4, -0.2) is 40.6 Å². The van der Waals surface area contributed by atoms with Crippen molar-refractivity contribution >= 4 is 12.0 Å². The summed E-state index contributed by atoms with van der Waals surface area (Å²) < 4.78 is 0. The largest absolute Gasteiger partial charge is 0.480 e. The molecule has 0 spiro atoms. The first kappa shape index (κ1) is 16.8. The van der Waals surface area contributed by atoms with Crippen LogP contribution in [0.3, 0.4) is 0 Å². The minimum absolute atomic E-state index is 0.102. The van der Waals surface area contributed by atoms with E-state index in [0.717, 1.165) is 19.3 Å². The smallest absolute Gasteiger partial charge is 0.323 e. The molecule has 2 amide bonds. The zero-order valence-electron chi connectivity index (χ0n) is 13.3. The average Bonchev–Trinajstić information content (AvgIpc) is 2.94. The van der Waals surface area contributed by atoms with E-state index in [9.17, 15) is 9.59 Å². The quantitative estimate of drug-likeness (QED) is 0.788. The fraction of sp³-hybridized carbons (Fsp3) is 0.867. The van der Waals surface area contributed by atoms with Gasteiger partial charge in [0.15, 0.2) is 0 Å². The van der Waals surface area contributed by atoms with Crippen LogP contribution in [0, 0.1) is 11.3 Å². The van der Waals surface area contributed by atoms with Gasteiger partial charge >= 0.3 is 12.0 Å². The molecule has 5 heteroatoms. The molecular formula is C15H28N2O3. The molecule has 20 heavy (non-hydrogen) atoms. The molecule has 0 heterocycles. The summed E-state index contributed by atoms with van der Waals surface area (Å²) in [4.78, 5) is 24.6. The highest BCUT2D eigenvalue weighted by atomic mass is 16.4. The predicted octanol–water partition coefficient (Wildman–Crippen LogP) is 2.71. The summed E-state index contributed by atoms with van der Waals surface area (Å²) in [5.74, 6) is -0.486. The number of nitrogens with one attached hydrogen (secondary N) is 1. The van der Waals surface area contributed by atoms with Crippen molar-refractivity contribution in [2.45, 2.75) is 59.4 Å². The van der Waals surface area contributed by atoms with Crippen LogP contribution in [0.4, 0.5) is 4.79 Å². The molecule has 0 radical (unpaired) electrons. The number of carbonyl (C=O) groups excluding carboxylic acids is 1. The monoisotopic (exact) mass is 284 g/mol. The molecule has 1 rings (SSSR count).